The number of nitrogens with zero attached hydrogens (tertiary/aromatic N) is 3. The largest absolute Gasteiger partial charge is 0.480 e. The monoisotopic (exact) mass is 371 g/mol. The highest BCUT2D eigenvalue weighted by molar-refractivity contribution is 5.81. The van der Waals surface area contributed by atoms with E-state index in [1.165, 1.54) is 10.5 Å². The number of carbonyl (C=O) groups is 2. The van der Waals surface area contributed by atoms with Crippen LogP contribution in [0.5, 0.6) is 0 Å². The number of rotatable bonds is 5. The van der Waals surface area contributed by atoms with Gasteiger partial charge in [0.15, 0.2) is 0 Å². The van der Waals surface area contributed by atoms with Crippen LogP contribution < -0.4 is 0 Å². The molecule has 1 aromatic carbocycles. The van der Waals surface area contributed by atoms with Crippen LogP contribution in [0.2, 0.25) is 0 Å². The number of carbonyl (C=O) groups excluding carboxylic acids is 1. The molecule has 1 spiro atoms. The standard InChI is InChI=1S/C21H29N3O3/c1-22-14-15-23(12-5-8-18-6-3-2-4-7-18)17-21(22)10-9-19(25)24(13-11-21)16-20(26)27/h2-8H,9-17H2,1H3,(H,26,27)/b8-5+/t21-/m1/s1. The van der Waals surface area contributed by atoms with Gasteiger partial charge in [0.1, 0.15) is 6.54 Å². The quantitative estimate of drug-likeness (QED) is 0.855. The van der Waals surface area contributed by atoms with E-state index in [2.05, 4.69) is 41.1 Å². The molecule has 0 saturated carbocycles. The van der Waals surface area contributed by atoms with Gasteiger partial charge in [-0.2, -0.15) is 0 Å². The molecule has 0 radical (unpaired) electrons. The molecule has 6 heteroatoms. The fourth-order valence-corrected chi connectivity index (χ4v) is 4.16. The molecule has 146 valence electrons. The Balaban J connectivity index is 1.63. The smallest absolute Gasteiger partial charge is 0.323 e. The second-order valence-electron chi connectivity index (χ2n) is 7.65. The first kappa shape index (κ1) is 19.6. The van der Waals surface area contributed by atoms with E-state index in [1.54, 1.807) is 0 Å². The Morgan fingerprint density at radius 3 is 2.70 bits per heavy atom. The maximum atomic E-state index is 12.3. The lowest BCUT2D eigenvalue weighted by molar-refractivity contribution is -0.144. The Morgan fingerprint density at radius 2 is 1.96 bits per heavy atom. The fourth-order valence-electron chi connectivity index (χ4n) is 4.16. The minimum absolute atomic E-state index is 0.0382. The van der Waals surface area contributed by atoms with E-state index in [-0.39, 0.29) is 18.0 Å². The van der Waals surface area contributed by atoms with Gasteiger partial charge in [-0.25, -0.2) is 0 Å². The van der Waals surface area contributed by atoms with Gasteiger partial charge in [0, 0.05) is 44.7 Å². The molecule has 3 rings (SSSR count). The van der Waals surface area contributed by atoms with Crippen LogP contribution in [-0.2, 0) is 9.59 Å². The third-order valence-corrected chi connectivity index (χ3v) is 5.88. The van der Waals surface area contributed by atoms with E-state index in [9.17, 15) is 9.59 Å². The van der Waals surface area contributed by atoms with Crippen LogP contribution in [0.4, 0.5) is 0 Å². The number of hydrogen-bond donors (Lipinski definition) is 1. The van der Waals surface area contributed by atoms with Crippen molar-refractivity contribution in [3.8, 4) is 0 Å². The van der Waals surface area contributed by atoms with Crippen LogP contribution in [0.1, 0.15) is 24.8 Å². The van der Waals surface area contributed by atoms with E-state index in [4.69, 9.17) is 5.11 Å². The summed E-state index contributed by atoms with van der Waals surface area (Å²) >= 11 is 0. The Hall–Kier alpha value is -2.18. The van der Waals surface area contributed by atoms with Crippen molar-refractivity contribution in [3.05, 3.63) is 42.0 Å². The molecule has 1 aromatic rings. The van der Waals surface area contributed by atoms with Gasteiger partial charge in [0.05, 0.1) is 0 Å². The number of benzene rings is 1. The van der Waals surface area contributed by atoms with Gasteiger partial charge >= 0.3 is 5.97 Å². The summed E-state index contributed by atoms with van der Waals surface area (Å²) in [4.78, 5) is 29.7. The summed E-state index contributed by atoms with van der Waals surface area (Å²) in [5, 5.41) is 9.04. The summed E-state index contributed by atoms with van der Waals surface area (Å²) in [5.74, 6) is -0.979. The Kier molecular flexibility index (Phi) is 6.29. The Labute approximate surface area is 161 Å². The van der Waals surface area contributed by atoms with Crippen LogP contribution in [0.3, 0.4) is 0 Å². The number of likely N-dealkylation sites (tertiary alicyclic amines) is 1. The average Bonchev–Trinajstić information content (AvgIpc) is 2.80. The minimum Gasteiger partial charge on any atom is -0.480 e. The first-order chi connectivity index (χ1) is 13.0. The van der Waals surface area contributed by atoms with Gasteiger partial charge in [-0.3, -0.25) is 19.4 Å². The molecule has 0 aromatic heterocycles. The van der Waals surface area contributed by atoms with Crippen LogP contribution in [0.15, 0.2) is 36.4 Å². The summed E-state index contributed by atoms with van der Waals surface area (Å²) in [5.41, 5.74) is 1.15. The van der Waals surface area contributed by atoms with Gasteiger partial charge in [-0.15, -0.1) is 0 Å². The lowest BCUT2D eigenvalue weighted by Gasteiger charge is -2.49. The lowest BCUT2D eigenvalue weighted by Crippen LogP contribution is -2.61. The van der Waals surface area contributed by atoms with Gasteiger partial charge in [-0.1, -0.05) is 42.5 Å². The first-order valence-corrected chi connectivity index (χ1v) is 9.63. The normalized spacial score (nSPS) is 25.2. The molecule has 1 N–H and O–H groups in total. The zero-order chi connectivity index (χ0) is 19.3. The van der Waals surface area contributed by atoms with E-state index < -0.39 is 5.97 Å². The maximum Gasteiger partial charge on any atom is 0.323 e. The van der Waals surface area contributed by atoms with Gasteiger partial charge in [0.2, 0.25) is 5.91 Å². The van der Waals surface area contributed by atoms with E-state index in [0.29, 0.717) is 13.0 Å². The molecule has 0 unspecified atom stereocenters. The van der Waals surface area contributed by atoms with Crippen molar-refractivity contribution in [1.29, 1.82) is 0 Å². The van der Waals surface area contributed by atoms with Crippen molar-refractivity contribution in [2.24, 2.45) is 0 Å². The third-order valence-electron chi connectivity index (χ3n) is 5.88. The zero-order valence-electron chi connectivity index (χ0n) is 16.0. The number of carboxylic acid groups (broad SMARTS) is 1. The summed E-state index contributed by atoms with van der Waals surface area (Å²) < 4.78 is 0. The van der Waals surface area contributed by atoms with Gasteiger partial charge in [0.25, 0.3) is 0 Å². The van der Waals surface area contributed by atoms with Crippen molar-refractivity contribution >= 4 is 18.0 Å². The molecule has 27 heavy (non-hydrogen) atoms. The maximum absolute atomic E-state index is 12.3. The van der Waals surface area contributed by atoms with Crippen LogP contribution in [0.25, 0.3) is 6.08 Å². The number of likely N-dealkylation sites (N-methyl/N-ethyl adjacent to an activating group) is 1. The Morgan fingerprint density at radius 1 is 1.19 bits per heavy atom. The predicted octanol–water partition coefficient (Wildman–Crippen LogP) is 1.78. The number of carboxylic acids is 1. The summed E-state index contributed by atoms with van der Waals surface area (Å²) in [6, 6.07) is 10.3. The summed E-state index contributed by atoms with van der Waals surface area (Å²) in [7, 11) is 2.13. The molecule has 2 saturated heterocycles. The third kappa shape index (κ3) is 4.96. The molecule has 2 aliphatic heterocycles. The summed E-state index contributed by atoms with van der Waals surface area (Å²) in [6.45, 7) is 4.09. The fraction of sp³-hybridized carbons (Fsp3) is 0.524. The second kappa shape index (κ2) is 8.67. The Bertz CT molecular complexity index is 691. The topological polar surface area (TPSA) is 64.1 Å². The average molecular weight is 371 g/mol. The summed E-state index contributed by atoms with van der Waals surface area (Å²) in [6.07, 6.45) is 6.38. The number of piperazine rings is 1. The van der Waals surface area contributed by atoms with Crippen molar-refractivity contribution in [2.45, 2.75) is 24.8 Å². The van der Waals surface area contributed by atoms with Crippen LogP contribution in [0, 0.1) is 0 Å². The van der Waals surface area contributed by atoms with Gasteiger partial charge < -0.3 is 10.0 Å². The number of aliphatic carboxylic acids is 1. The van der Waals surface area contributed by atoms with Crippen LogP contribution >= 0.6 is 0 Å². The van der Waals surface area contributed by atoms with Crippen molar-refractivity contribution in [2.75, 3.05) is 46.3 Å². The van der Waals surface area contributed by atoms with Crippen molar-refractivity contribution < 1.29 is 14.7 Å². The molecular formula is C21H29N3O3. The SMILES string of the molecule is CN1CCN(C/C=C/c2ccccc2)C[C@]12CCC(=O)N(CC(=O)O)CC2. The van der Waals surface area contributed by atoms with E-state index in [0.717, 1.165) is 39.0 Å². The molecule has 1 amide bonds. The highest BCUT2D eigenvalue weighted by Crippen LogP contribution is 2.32. The molecule has 6 nitrogen and oxygen atoms in total. The molecule has 0 aliphatic carbocycles. The highest BCUT2D eigenvalue weighted by atomic mass is 16.4. The lowest BCUT2D eigenvalue weighted by atomic mass is 9.86. The molecular weight excluding hydrogens is 342 g/mol. The van der Waals surface area contributed by atoms with E-state index >= 15 is 0 Å². The predicted molar refractivity (Wildman–Crippen MR) is 105 cm³/mol. The number of hydrogen-bond acceptors (Lipinski definition) is 4. The van der Waals surface area contributed by atoms with Crippen molar-refractivity contribution in [3.63, 3.8) is 0 Å². The molecule has 2 aliphatic rings. The molecule has 1 atom stereocenters. The second-order valence-corrected chi connectivity index (χ2v) is 7.65. The first-order valence-electron chi connectivity index (χ1n) is 9.63. The molecule has 2 heterocycles. The zero-order valence-corrected chi connectivity index (χ0v) is 16.0. The van der Waals surface area contributed by atoms with Crippen molar-refractivity contribution in [1.82, 2.24) is 14.7 Å². The van der Waals surface area contributed by atoms with Gasteiger partial charge in [-0.05, 0) is 25.5 Å². The highest BCUT2D eigenvalue weighted by Gasteiger charge is 2.42. The molecule has 0 bridgehead atoms. The van der Waals surface area contributed by atoms with E-state index in [1.807, 2.05) is 18.2 Å². The number of amides is 1. The minimum atomic E-state index is -0.941. The molecule has 2 fully saturated rings. The van der Waals surface area contributed by atoms with Crippen LogP contribution in [-0.4, -0.2) is 83.5 Å².